The topological polar surface area (TPSA) is 28.2 Å². The van der Waals surface area contributed by atoms with Gasteiger partial charge in [-0.15, -0.1) is 0 Å². The lowest BCUT2D eigenvalue weighted by Crippen LogP contribution is -2.30. The molecular weight excluding hydrogens is 248 g/mol. The third-order valence-electron chi connectivity index (χ3n) is 3.16. The molecule has 0 bridgehead atoms. The van der Waals surface area contributed by atoms with E-state index in [1.807, 2.05) is 13.8 Å². The molecule has 0 spiro atoms. The highest BCUT2D eigenvalue weighted by molar-refractivity contribution is 5.49. The zero-order valence-electron chi connectivity index (χ0n) is 12.1. The second-order valence-electron chi connectivity index (χ2n) is 4.80. The van der Waals surface area contributed by atoms with Crippen molar-refractivity contribution in [3.05, 3.63) is 17.7 Å². The van der Waals surface area contributed by atoms with Crippen LogP contribution < -0.4 is 10.2 Å². The smallest absolute Gasteiger partial charge is 0.168 e. The standard InChI is InChI=1S/C14H23F2N3/c1-5-7-10(3)19(4)14-12(16)9-11(15)13(18-14)17-8-6-2/h9-10H,5-8H2,1-4H3,(H,17,18). The summed E-state index contributed by atoms with van der Waals surface area (Å²) in [6.07, 6.45) is 2.80. The van der Waals surface area contributed by atoms with E-state index in [1.165, 1.54) is 0 Å². The van der Waals surface area contributed by atoms with Gasteiger partial charge >= 0.3 is 0 Å². The normalized spacial score (nSPS) is 12.3. The molecule has 19 heavy (non-hydrogen) atoms. The van der Waals surface area contributed by atoms with E-state index in [-0.39, 0.29) is 17.7 Å². The molecule has 0 saturated carbocycles. The first-order valence-electron chi connectivity index (χ1n) is 6.83. The summed E-state index contributed by atoms with van der Waals surface area (Å²) < 4.78 is 27.4. The maximum atomic E-state index is 13.8. The Morgan fingerprint density at radius 2 is 1.95 bits per heavy atom. The second kappa shape index (κ2) is 7.26. The van der Waals surface area contributed by atoms with Crippen molar-refractivity contribution >= 4 is 11.6 Å². The number of hydrogen-bond donors (Lipinski definition) is 1. The largest absolute Gasteiger partial charge is 0.368 e. The highest BCUT2D eigenvalue weighted by Crippen LogP contribution is 2.23. The Kier molecular flexibility index (Phi) is 5.99. The minimum absolute atomic E-state index is 0.119. The van der Waals surface area contributed by atoms with Crippen LogP contribution >= 0.6 is 0 Å². The lowest BCUT2D eigenvalue weighted by Gasteiger charge is -2.26. The Hall–Kier alpha value is -1.39. The summed E-state index contributed by atoms with van der Waals surface area (Å²) in [5.74, 6) is -0.953. The summed E-state index contributed by atoms with van der Waals surface area (Å²) in [6, 6.07) is 1.06. The fourth-order valence-electron chi connectivity index (χ4n) is 1.89. The number of nitrogens with one attached hydrogen (secondary N) is 1. The zero-order valence-corrected chi connectivity index (χ0v) is 12.1. The minimum Gasteiger partial charge on any atom is -0.368 e. The number of rotatable bonds is 7. The summed E-state index contributed by atoms with van der Waals surface area (Å²) in [4.78, 5) is 5.84. The van der Waals surface area contributed by atoms with Crippen molar-refractivity contribution in [2.75, 3.05) is 23.8 Å². The molecule has 1 aromatic heterocycles. The van der Waals surface area contributed by atoms with E-state index >= 15 is 0 Å². The first-order chi connectivity index (χ1) is 9.01. The van der Waals surface area contributed by atoms with Gasteiger partial charge < -0.3 is 10.2 Å². The van der Waals surface area contributed by atoms with Crippen LogP contribution in [-0.2, 0) is 0 Å². The lowest BCUT2D eigenvalue weighted by molar-refractivity contribution is 0.553. The van der Waals surface area contributed by atoms with Gasteiger partial charge in [0.25, 0.3) is 0 Å². The van der Waals surface area contributed by atoms with Crippen LogP contribution in [0.2, 0.25) is 0 Å². The molecule has 1 rings (SSSR count). The molecule has 0 amide bonds. The van der Waals surface area contributed by atoms with Gasteiger partial charge in [0, 0.05) is 25.7 Å². The molecule has 0 saturated heterocycles. The number of anilines is 2. The van der Waals surface area contributed by atoms with Gasteiger partial charge in [-0.05, 0) is 19.8 Å². The maximum absolute atomic E-state index is 13.8. The third-order valence-corrected chi connectivity index (χ3v) is 3.16. The Morgan fingerprint density at radius 3 is 2.53 bits per heavy atom. The monoisotopic (exact) mass is 271 g/mol. The van der Waals surface area contributed by atoms with Gasteiger partial charge in [-0.3, -0.25) is 0 Å². The number of hydrogen-bond acceptors (Lipinski definition) is 3. The molecule has 1 N–H and O–H groups in total. The van der Waals surface area contributed by atoms with E-state index in [0.717, 1.165) is 25.3 Å². The molecule has 0 aliphatic heterocycles. The first kappa shape index (κ1) is 15.7. The SMILES string of the molecule is CCCNc1nc(N(C)C(C)CCC)c(F)cc1F. The van der Waals surface area contributed by atoms with Gasteiger partial charge in [-0.2, -0.15) is 0 Å². The van der Waals surface area contributed by atoms with Gasteiger partial charge in [0.15, 0.2) is 23.3 Å². The van der Waals surface area contributed by atoms with E-state index < -0.39 is 11.6 Å². The van der Waals surface area contributed by atoms with Crippen LogP contribution in [0.1, 0.15) is 40.0 Å². The number of pyridine rings is 1. The Labute approximate surface area is 114 Å². The summed E-state index contributed by atoms with van der Waals surface area (Å²) in [5.41, 5.74) is 0. The van der Waals surface area contributed by atoms with Crippen LogP contribution in [0.4, 0.5) is 20.4 Å². The van der Waals surface area contributed by atoms with E-state index in [9.17, 15) is 8.78 Å². The first-order valence-corrected chi connectivity index (χ1v) is 6.83. The van der Waals surface area contributed by atoms with Crippen molar-refractivity contribution in [2.45, 2.75) is 46.1 Å². The number of halogens is 2. The molecule has 5 heteroatoms. The fourth-order valence-corrected chi connectivity index (χ4v) is 1.89. The Balaban J connectivity index is 2.99. The summed E-state index contributed by atoms with van der Waals surface area (Å²) in [5, 5.41) is 2.88. The molecule has 1 unspecified atom stereocenters. The van der Waals surface area contributed by atoms with Crippen LogP contribution in [0, 0.1) is 11.6 Å². The average molecular weight is 271 g/mol. The van der Waals surface area contributed by atoms with E-state index in [0.29, 0.717) is 6.54 Å². The predicted molar refractivity (Wildman–Crippen MR) is 75.7 cm³/mol. The fraction of sp³-hybridized carbons (Fsp3) is 0.643. The van der Waals surface area contributed by atoms with Crippen LogP contribution in [0.15, 0.2) is 6.07 Å². The molecule has 0 aliphatic carbocycles. The second-order valence-corrected chi connectivity index (χ2v) is 4.80. The highest BCUT2D eigenvalue weighted by Gasteiger charge is 2.18. The molecule has 0 aliphatic rings. The van der Waals surface area contributed by atoms with E-state index in [2.05, 4.69) is 17.2 Å². The molecule has 0 fully saturated rings. The molecule has 0 radical (unpaired) electrons. The molecule has 1 heterocycles. The van der Waals surface area contributed by atoms with Crippen molar-refractivity contribution in [1.29, 1.82) is 0 Å². The number of nitrogens with zero attached hydrogens (tertiary/aromatic N) is 2. The molecule has 1 aromatic rings. The van der Waals surface area contributed by atoms with Crippen molar-refractivity contribution < 1.29 is 8.78 Å². The Bertz CT molecular complexity index is 410. The quantitative estimate of drug-likeness (QED) is 0.817. The van der Waals surface area contributed by atoms with Crippen molar-refractivity contribution in [3.63, 3.8) is 0 Å². The van der Waals surface area contributed by atoms with Crippen LogP contribution in [0.5, 0.6) is 0 Å². The van der Waals surface area contributed by atoms with E-state index in [4.69, 9.17) is 0 Å². The van der Waals surface area contributed by atoms with Gasteiger partial charge in [0.1, 0.15) is 0 Å². The lowest BCUT2D eigenvalue weighted by atomic mass is 10.2. The van der Waals surface area contributed by atoms with Crippen molar-refractivity contribution in [1.82, 2.24) is 4.98 Å². The van der Waals surface area contributed by atoms with Crippen molar-refractivity contribution in [3.8, 4) is 0 Å². The van der Waals surface area contributed by atoms with Gasteiger partial charge in [-0.1, -0.05) is 20.3 Å². The summed E-state index contributed by atoms with van der Waals surface area (Å²) in [7, 11) is 1.78. The van der Waals surface area contributed by atoms with Crippen LogP contribution in [-0.4, -0.2) is 24.6 Å². The summed E-state index contributed by atoms with van der Waals surface area (Å²) in [6.45, 7) is 6.67. The maximum Gasteiger partial charge on any atom is 0.168 e. The number of aromatic nitrogens is 1. The molecule has 0 aromatic carbocycles. The third kappa shape index (κ3) is 4.04. The van der Waals surface area contributed by atoms with Gasteiger partial charge in [-0.25, -0.2) is 13.8 Å². The highest BCUT2D eigenvalue weighted by atomic mass is 19.1. The van der Waals surface area contributed by atoms with E-state index in [1.54, 1.807) is 11.9 Å². The summed E-state index contributed by atoms with van der Waals surface area (Å²) >= 11 is 0. The molecule has 108 valence electrons. The minimum atomic E-state index is -0.647. The molecular formula is C14H23F2N3. The van der Waals surface area contributed by atoms with Crippen molar-refractivity contribution in [2.24, 2.45) is 0 Å². The van der Waals surface area contributed by atoms with Crippen LogP contribution in [0.25, 0.3) is 0 Å². The zero-order chi connectivity index (χ0) is 14.4. The molecule has 1 atom stereocenters. The van der Waals surface area contributed by atoms with Gasteiger partial charge in [0.05, 0.1) is 0 Å². The predicted octanol–water partition coefficient (Wildman–Crippen LogP) is 3.81. The average Bonchev–Trinajstić information content (AvgIpc) is 2.37. The van der Waals surface area contributed by atoms with Crippen LogP contribution in [0.3, 0.4) is 0 Å². The van der Waals surface area contributed by atoms with Gasteiger partial charge in [0.2, 0.25) is 0 Å². The Morgan fingerprint density at radius 1 is 1.26 bits per heavy atom. The molecule has 3 nitrogen and oxygen atoms in total.